The zero-order valence-corrected chi connectivity index (χ0v) is 17.8. The van der Waals surface area contributed by atoms with Gasteiger partial charge in [-0.05, 0) is 86.5 Å². The first-order valence-electron chi connectivity index (χ1n) is 10.9. The Hall–Kier alpha value is -1.44. The Labute approximate surface area is 173 Å². The summed E-state index contributed by atoms with van der Waals surface area (Å²) in [6, 6.07) is 5.02. The number of carbonyl (C=O) groups is 1. The monoisotopic (exact) mass is 418 g/mol. The molecule has 0 unspecified atom stereocenters. The first-order chi connectivity index (χ1) is 13.8. The number of fused-ring (bicyclic) bond motifs is 1. The van der Waals surface area contributed by atoms with E-state index in [1.54, 1.807) is 23.1 Å². The molecule has 6 nitrogen and oxygen atoms in total. The molecule has 29 heavy (non-hydrogen) atoms. The maximum absolute atomic E-state index is 12.7. The molecule has 158 valence electrons. The summed E-state index contributed by atoms with van der Waals surface area (Å²) in [5, 5.41) is 0. The predicted octanol–water partition coefficient (Wildman–Crippen LogP) is 2.86. The number of amides is 1. The minimum absolute atomic E-state index is 0.00388. The van der Waals surface area contributed by atoms with E-state index in [1.165, 1.54) is 26.2 Å². The molecular weight excluding hydrogens is 388 g/mol. The number of nitrogens with one attached hydrogen (secondary N) is 1. The normalized spacial score (nSPS) is 32.6. The largest absolute Gasteiger partial charge is 0.374 e. The number of rotatable bonds is 6. The summed E-state index contributed by atoms with van der Waals surface area (Å²) >= 11 is 0. The second kappa shape index (κ2) is 7.06. The Balaban J connectivity index is 1.19. The van der Waals surface area contributed by atoms with Gasteiger partial charge in [0.15, 0.2) is 0 Å². The van der Waals surface area contributed by atoms with Gasteiger partial charge in [0.05, 0.1) is 17.1 Å². The molecule has 1 aromatic rings. The van der Waals surface area contributed by atoms with E-state index < -0.39 is 10.0 Å². The van der Waals surface area contributed by atoms with Crippen LogP contribution in [0.15, 0.2) is 23.1 Å². The minimum Gasteiger partial charge on any atom is -0.374 e. The number of anilines is 1. The molecule has 1 amide bonds. The van der Waals surface area contributed by atoms with Crippen LogP contribution in [0.1, 0.15) is 51.0 Å². The van der Waals surface area contributed by atoms with Crippen molar-refractivity contribution in [3.63, 3.8) is 0 Å². The van der Waals surface area contributed by atoms with Crippen molar-refractivity contribution in [1.82, 2.24) is 4.72 Å². The summed E-state index contributed by atoms with van der Waals surface area (Å²) in [6.45, 7) is 2.86. The lowest BCUT2D eigenvalue weighted by molar-refractivity contribution is -0.160. The first kappa shape index (κ1) is 19.5. The molecule has 4 bridgehead atoms. The second-order valence-corrected chi connectivity index (χ2v) is 11.3. The Morgan fingerprint density at radius 3 is 2.45 bits per heavy atom. The summed E-state index contributed by atoms with van der Waals surface area (Å²) in [5.41, 5.74) is 1.73. The van der Waals surface area contributed by atoms with Gasteiger partial charge in [-0.3, -0.25) is 4.79 Å². The van der Waals surface area contributed by atoms with E-state index in [0.717, 1.165) is 48.3 Å². The van der Waals surface area contributed by atoms with E-state index >= 15 is 0 Å². The summed E-state index contributed by atoms with van der Waals surface area (Å²) in [7, 11) is -3.58. The van der Waals surface area contributed by atoms with E-state index in [-0.39, 0.29) is 16.4 Å². The van der Waals surface area contributed by atoms with Crippen molar-refractivity contribution < 1.29 is 17.9 Å². The van der Waals surface area contributed by atoms with E-state index in [9.17, 15) is 13.2 Å². The molecule has 4 aliphatic carbocycles. The third kappa shape index (κ3) is 3.62. The van der Waals surface area contributed by atoms with E-state index in [4.69, 9.17) is 4.74 Å². The first-order valence-corrected chi connectivity index (χ1v) is 12.4. The lowest BCUT2D eigenvalue weighted by atomic mass is 9.54. The molecule has 1 aromatic carbocycles. The van der Waals surface area contributed by atoms with Gasteiger partial charge in [-0.2, -0.15) is 0 Å². The fourth-order valence-corrected chi connectivity index (χ4v) is 7.67. The average Bonchev–Trinajstić information content (AvgIpc) is 3.08. The van der Waals surface area contributed by atoms with E-state index in [0.29, 0.717) is 26.1 Å². The van der Waals surface area contributed by atoms with Crippen molar-refractivity contribution in [2.24, 2.45) is 17.8 Å². The summed E-state index contributed by atoms with van der Waals surface area (Å²) in [4.78, 5) is 13.6. The SMILES string of the molecule is CC(=O)N1CCc2cc(S(=O)(=O)NCCOC34CC5CC(CC(C5)C3)C4)ccc21. The molecule has 4 saturated carbocycles. The molecule has 4 fully saturated rings. The third-order valence-corrected chi connectivity index (χ3v) is 8.88. The van der Waals surface area contributed by atoms with Crippen molar-refractivity contribution in [3.8, 4) is 0 Å². The molecule has 0 saturated heterocycles. The summed E-state index contributed by atoms with van der Waals surface area (Å²) in [6.07, 6.45) is 8.26. The van der Waals surface area contributed by atoms with Gasteiger partial charge in [0, 0.05) is 25.7 Å². The molecule has 1 N–H and O–H groups in total. The number of nitrogens with zero attached hydrogens (tertiary/aromatic N) is 1. The maximum atomic E-state index is 12.7. The fourth-order valence-electron chi connectivity index (χ4n) is 6.61. The molecule has 0 aromatic heterocycles. The molecule has 6 rings (SSSR count). The van der Waals surface area contributed by atoms with Gasteiger partial charge in [-0.25, -0.2) is 13.1 Å². The van der Waals surface area contributed by atoms with Gasteiger partial charge in [0.25, 0.3) is 0 Å². The van der Waals surface area contributed by atoms with Crippen molar-refractivity contribution in [3.05, 3.63) is 23.8 Å². The number of benzene rings is 1. The van der Waals surface area contributed by atoms with Crippen molar-refractivity contribution in [2.45, 2.75) is 62.4 Å². The van der Waals surface area contributed by atoms with Crippen LogP contribution in [0.5, 0.6) is 0 Å². The van der Waals surface area contributed by atoms with Gasteiger partial charge < -0.3 is 9.64 Å². The van der Waals surface area contributed by atoms with Crippen LogP contribution >= 0.6 is 0 Å². The fraction of sp³-hybridized carbons (Fsp3) is 0.682. The van der Waals surface area contributed by atoms with Crippen LogP contribution < -0.4 is 9.62 Å². The highest BCUT2D eigenvalue weighted by Crippen LogP contribution is 2.57. The minimum atomic E-state index is -3.58. The molecule has 1 aliphatic heterocycles. The Kier molecular flexibility index (Phi) is 4.76. The van der Waals surface area contributed by atoms with Crippen LogP contribution in [0, 0.1) is 17.8 Å². The number of hydrogen-bond donors (Lipinski definition) is 1. The topological polar surface area (TPSA) is 75.7 Å². The Morgan fingerprint density at radius 1 is 1.17 bits per heavy atom. The Bertz CT molecular complexity index is 891. The highest BCUT2D eigenvalue weighted by Gasteiger charge is 2.51. The van der Waals surface area contributed by atoms with Crippen molar-refractivity contribution in [2.75, 3.05) is 24.6 Å². The van der Waals surface area contributed by atoms with Crippen LogP contribution in [0.3, 0.4) is 0 Å². The van der Waals surface area contributed by atoms with Crippen molar-refractivity contribution >= 4 is 21.6 Å². The Morgan fingerprint density at radius 2 is 1.83 bits per heavy atom. The number of hydrogen-bond acceptors (Lipinski definition) is 4. The van der Waals surface area contributed by atoms with E-state index in [2.05, 4.69) is 4.72 Å². The molecule has 0 radical (unpaired) electrons. The zero-order valence-electron chi connectivity index (χ0n) is 17.0. The standard InChI is InChI=1S/C22H30N2O4S/c1-15(25)24-6-4-19-11-20(2-3-21(19)24)29(26,27)23-5-7-28-22-12-16-8-17(13-22)10-18(9-16)14-22/h2-3,11,16-18,23H,4-10,12-14H2,1H3. The van der Waals surface area contributed by atoms with Crippen molar-refractivity contribution in [1.29, 1.82) is 0 Å². The van der Waals surface area contributed by atoms with Gasteiger partial charge in [-0.1, -0.05) is 0 Å². The molecule has 1 heterocycles. The lowest BCUT2D eigenvalue weighted by Gasteiger charge is -2.56. The zero-order chi connectivity index (χ0) is 20.2. The number of ether oxygens (including phenoxy) is 1. The van der Waals surface area contributed by atoms with Crippen LogP contribution in [0.25, 0.3) is 0 Å². The second-order valence-electron chi connectivity index (χ2n) is 9.56. The lowest BCUT2D eigenvalue weighted by Crippen LogP contribution is -2.52. The molecule has 7 heteroatoms. The molecule has 0 atom stereocenters. The molecule has 0 spiro atoms. The highest BCUT2D eigenvalue weighted by atomic mass is 32.2. The summed E-state index contributed by atoms with van der Waals surface area (Å²) < 4.78 is 34.5. The summed E-state index contributed by atoms with van der Waals surface area (Å²) in [5.74, 6) is 2.44. The van der Waals surface area contributed by atoms with Crippen LogP contribution in [-0.4, -0.2) is 39.6 Å². The van der Waals surface area contributed by atoms with Gasteiger partial charge in [0.1, 0.15) is 0 Å². The quantitative estimate of drug-likeness (QED) is 0.721. The van der Waals surface area contributed by atoms with Crippen LogP contribution in [0.4, 0.5) is 5.69 Å². The smallest absolute Gasteiger partial charge is 0.240 e. The molecular formula is C22H30N2O4S. The number of sulfonamides is 1. The van der Waals surface area contributed by atoms with E-state index in [1.807, 2.05) is 0 Å². The average molecular weight is 419 g/mol. The van der Waals surface area contributed by atoms with Gasteiger partial charge in [-0.15, -0.1) is 0 Å². The van der Waals surface area contributed by atoms with Crippen LogP contribution in [0.2, 0.25) is 0 Å². The third-order valence-electron chi connectivity index (χ3n) is 7.42. The van der Waals surface area contributed by atoms with Gasteiger partial charge >= 0.3 is 0 Å². The highest BCUT2D eigenvalue weighted by molar-refractivity contribution is 7.89. The predicted molar refractivity (Wildman–Crippen MR) is 110 cm³/mol. The van der Waals surface area contributed by atoms with Crippen LogP contribution in [-0.2, 0) is 26.0 Å². The maximum Gasteiger partial charge on any atom is 0.240 e. The number of carbonyl (C=O) groups excluding carboxylic acids is 1. The molecule has 5 aliphatic rings. The van der Waals surface area contributed by atoms with Gasteiger partial charge in [0.2, 0.25) is 15.9 Å².